The molecule has 0 atom stereocenters. The molecule has 0 bridgehead atoms. The van der Waals surface area contributed by atoms with E-state index in [4.69, 9.17) is 4.42 Å². The van der Waals surface area contributed by atoms with Gasteiger partial charge in [-0.15, -0.1) is 0 Å². The van der Waals surface area contributed by atoms with E-state index in [0.717, 1.165) is 21.9 Å². The maximum Gasteiger partial charge on any atom is 0.143 e. The Morgan fingerprint density at radius 2 is 0.782 bits per heavy atom. The van der Waals surface area contributed by atoms with Crippen molar-refractivity contribution in [1.82, 2.24) is 0 Å². The molecule has 0 aliphatic carbocycles. The molecule has 0 spiro atoms. The lowest BCUT2D eigenvalue weighted by atomic mass is 9.84. The van der Waals surface area contributed by atoms with Crippen molar-refractivity contribution in [2.75, 3.05) is 0 Å². The highest BCUT2D eigenvalue weighted by Crippen LogP contribution is 2.47. The second-order valence-electron chi connectivity index (χ2n) is 14.7. The quantitative estimate of drug-likeness (QED) is 0.132. The summed E-state index contributed by atoms with van der Waals surface area (Å²) in [5.41, 5.74) is 9.33. The Balaban J connectivity index is 1.07. The van der Waals surface area contributed by atoms with Gasteiger partial charge in [0.15, 0.2) is 0 Å². The molecule has 12 rings (SSSR count). The topological polar surface area (TPSA) is 13.1 Å². The fraction of sp³-hybridized carbons (Fsp3) is 0. The highest BCUT2D eigenvalue weighted by Gasteiger charge is 2.20. The molecule has 0 amide bonds. The SMILES string of the molecule is c1ccc(-c2c3ccccc3c(-c3ccc(-c4ccc5cc6c(cc5c4)oc4c5ccccc5c5ccccc5c64)c4ccccc34)c3ccccc23)cc1. The van der Waals surface area contributed by atoms with E-state index in [2.05, 4.69) is 194 Å². The van der Waals surface area contributed by atoms with E-state index < -0.39 is 0 Å². The molecule has 0 radical (unpaired) electrons. The minimum atomic E-state index is 0.916. The van der Waals surface area contributed by atoms with Gasteiger partial charge in [0, 0.05) is 16.2 Å². The Kier molecular flexibility index (Phi) is 6.40. The molecule has 0 fully saturated rings. The summed E-state index contributed by atoms with van der Waals surface area (Å²) >= 11 is 0. The summed E-state index contributed by atoms with van der Waals surface area (Å²) in [6.07, 6.45) is 0. The summed E-state index contributed by atoms with van der Waals surface area (Å²) in [6.45, 7) is 0. The van der Waals surface area contributed by atoms with Crippen LogP contribution in [-0.4, -0.2) is 0 Å². The molecule has 1 aromatic heterocycles. The lowest BCUT2D eigenvalue weighted by Gasteiger charge is -2.19. The third-order valence-electron chi connectivity index (χ3n) is 11.8. The Morgan fingerprint density at radius 3 is 1.45 bits per heavy atom. The summed E-state index contributed by atoms with van der Waals surface area (Å²) in [7, 11) is 0. The van der Waals surface area contributed by atoms with Gasteiger partial charge in [0.25, 0.3) is 0 Å². The van der Waals surface area contributed by atoms with Crippen molar-refractivity contribution in [1.29, 1.82) is 0 Å². The molecular weight excluding hydrogens is 665 g/mol. The third kappa shape index (κ3) is 4.41. The summed E-state index contributed by atoms with van der Waals surface area (Å²) in [4.78, 5) is 0. The van der Waals surface area contributed by atoms with Gasteiger partial charge in [0.2, 0.25) is 0 Å². The van der Waals surface area contributed by atoms with Crippen molar-refractivity contribution in [2.24, 2.45) is 0 Å². The van der Waals surface area contributed by atoms with Crippen LogP contribution in [0.5, 0.6) is 0 Å². The van der Waals surface area contributed by atoms with Crippen LogP contribution in [0.1, 0.15) is 0 Å². The van der Waals surface area contributed by atoms with Gasteiger partial charge in [0.1, 0.15) is 11.2 Å². The first-order chi connectivity index (χ1) is 27.3. The first-order valence-corrected chi connectivity index (χ1v) is 19.0. The van der Waals surface area contributed by atoms with Crippen LogP contribution in [0.25, 0.3) is 120 Å². The van der Waals surface area contributed by atoms with E-state index in [1.54, 1.807) is 0 Å². The summed E-state index contributed by atoms with van der Waals surface area (Å²) in [5.74, 6) is 0. The molecular formula is C54H32O. The van der Waals surface area contributed by atoms with Gasteiger partial charge in [-0.1, -0.05) is 176 Å². The fourth-order valence-corrected chi connectivity index (χ4v) is 9.42. The largest absolute Gasteiger partial charge is 0.455 e. The molecule has 12 aromatic rings. The second kappa shape index (κ2) is 11.6. The monoisotopic (exact) mass is 696 g/mol. The molecule has 0 saturated heterocycles. The molecule has 1 heteroatoms. The Labute approximate surface area is 317 Å². The average molecular weight is 697 g/mol. The maximum atomic E-state index is 6.77. The van der Waals surface area contributed by atoms with Crippen molar-refractivity contribution in [3.63, 3.8) is 0 Å². The number of hydrogen-bond acceptors (Lipinski definition) is 1. The van der Waals surface area contributed by atoms with Gasteiger partial charge in [-0.2, -0.15) is 0 Å². The minimum absolute atomic E-state index is 0.916. The third-order valence-corrected chi connectivity index (χ3v) is 11.8. The van der Waals surface area contributed by atoms with Gasteiger partial charge >= 0.3 is 0 Å². The zero-order chi connectivity index (χ0) is 36.0. The number of furan rings is 1. The van der Waals surface area contributed by atoms with E-state index in [9.17, 15) is 0 Å². The predicted molar refractivity (Wildman–Crippen MR) is 235 cm³/mol. The van der Waals surface area contributed by atoms with Gasteiger partial charge in [-0.25, -0.2) is 0 Å². The lowest BCUT2D eigenvalue weighted by molar-refractivity contribution is 0.673. The number of hydrogen-bond donors (Lipinski definition) is 0. The number of benzene rings is 11. The van der Waals surface area contributed by atoms with Crippen molar-refractivity contribution in [3.8, 4) is 33.4 Å². The summed E-state index contributed by atoms with van der Waals surface area (Å²) in [6, 6.07) is 71.0. The maximum absolute atomic E-state index is 6.77. The molecule has 0 aliphatic heterocycles. The van der Waals surface area contributed by atoms with Gasteiger partial charge in [0.05, 0.1) is 0 Å². The standard InChI is InChI=1S/C54H32O/c1-2-14-33(15-3-1)51-43-21-9-11-23-45(43)52(46-24-12-10-22-44(46)51)47-29-28-37(38-16-4-5-17-39(38)47)35-27-26-34-31-49-50(32-36(34)30-35)55-54-48-25-13-7-19-41(48)40-18-6-8-20-42(40)53(49)54/h1-32H. The smallest absolute Gasteiger partial charge is 0.143 e. The molecule has 1 heterocycles. The second-order valence-corrected chi connectivity index (χ2v) is 14.7. The zero-order valence-corrected chi connectivity index (χ0v) is 29.9. The molecule has 0 aliphatic rings. The molecule has 254 valence electrons. The number of fused-ring (bicyclic) bond motifs is 12. The van der Waals surface area contributed by atoms with Crippen molar-refractivity contribution >= 4 is 86.6 Å². The summed E-state index contributed by atoms with van der Waals surface area (Å²) in [5, 5.41) is 17.1. The van der Waals surface area contributed by atoms with E-state index in [1.165, 1.54) is 98.0 Å². The van der Waals surface area contributed by atoms with Gasteiger partial charge < -0.3 is 4.42 Å². The Morgan fingerprint density at radius 1 is 0.273 bits per heavy atom. The minimum Gasteiger partial charge on any atom is -0.455 e. The highest BCUT2D eigenvalue weighted by molar-refractivity contribution is 6.31. The fourth-order valence-electron chi connectivity index (χ4n) is 9.42. The summed E-state index contributed by atoms with van der Waals surface area (Å²) < 4.78 is 6.77. The van der Waals surface area contributed by atoms with E-state index >= 15 is 0 Å². The first-order valence-electron chi connectivity index (χ1n) is 19.0. The Bertz CT molecular complexity index is 3480. The first kappa shape index (κ1) is 30.3. The predicted octanol–water partition coefficient (Wildman–Crippen LogP) is 15.5. The number of rotatable bonds is 3. The molecule has 1 nitrogen and oxygen atoms in total. The van der Waals surface area contributed by atoms with Crippen LogP contribution in [0, 0.1) is 0 Å². The van der Waals surface area contributed by atoms with E-state index in [0.29, 0.717) is 0 Å². The van der Waals surface area contributed by atoms with Gasteiger partial charge in [-0.05, 0) is 111 Å². The van der Waals surface area contributed by atoms with E-state index in [1.807, 2.05) is 0 Å². The average Bonchev–Trinajstić information content (AvgIpc) is 3.63. The van der Waals surface area contributed by atoms with Crippen molar-refractivity contribution in [2.45, 2.75) is 0 Å². The molecule has 0 N–H and O–H groups in total. The lowest BCUT2D eigenvalue weighted by Crippen LogP contribution is -1.92. The van der Waals surface area contributed by atoms with Crippen LogP contribution in [0.3, 0.4) is 0 Å². The molecule has 0 unspecified atom stereocenters. The van der Waals surface area contributed by atoms with Crippen LogP contribution in [0.4, 0.5) is 0 Å². The van der Waals surface area contributed by atoms with E-state index in [-0.39, 0.29) is 0 Å². The van der Waals surface area contributed by atoms with Crippen molar-refractivity contribution < 1.29 is 4.42 Å². The van der Waals surface area contributed by atoms with Gasteiger partial charge in [-0.3, -0.25) is 0 Å². The van der Waals surface area contributed by atoms with Crippen LogP contribution in [0.2, 0.25) is 0 Å². The van der Waals surface area contributed by atoms with Crippen LogP contribution < -0.4 is 0 Å². The Hall–Kier alpha value is -7.22. The van der Waals surface area contributed by atoms with Crippen LogP contribution in [-0.2, 0) is 0 Å². The normalized spacial score (nSPS) is 12.0. The van der Waals surface area contributed by atoms with Crippen LogP contribution in [0.15, 0.2) is 199 Å². The highest BCUT2D eigenvalue weighted by atomic mass is 16.3. The van der Waals surface area contributed by atoms with Crippen molar-refractivity contribution in [3.05, 3.63) is 194 Å². The molecule has 0 saturated carbocycles. The van der Waals surface area contributed by atoms with Crippen LogP contribution >= 0.6 is 0 Å². The molecule has 11 aromatic carbocycles. The molecule has 55 heavy (non-hydrogen) atoms. The zero-order valence-electron chi connectivity index (χ0n) is 29.9.